The first kappa shape index (κ1) is 19.1. The van der Waals surface area contributed by atoms with Crippen molar-refractivity contribution in [1.29, 1.82) is 0 Å². The van der Waals surface area contributed by atoms with Gasteiger partial charge in [-0.15, -0.1) is 12.4 Å². The molecule has 1 heterocycles. The summed E-state index contributed by atoms with van der Waals surface area (Å²) in [5.74, 6) is -0.494. The van der Waals surface area contributed by atoms with Crippen molar-refractivity contribution < 1.29 is 14.3 Å². The van der Waals surface area contributed by atoms with Crippen LogP contribution in [0, 0.1) is 5.92 Å². The molecule has 0 radical (unpaired) electrons. The summed E-state index contributed by atoms with van der Waals surface area (Å²) in [7, 11) is 0. The van der Waals surface area contributed by atoms with E-state index >= 15 is 0 Å². The van der Waals surface area contributed by atoms with Gasteiger partial charge in [0.05, 0.1) is 13.2 Å². The minimum atomic E-state index is -0.466. The van der Waals surface area contributed by atoms with Crippen LogP contribution in [-0.2, 0) is 14.3 Å². The van der Waals surface area contributed by atoms with Crippen LogP contribution in [0.3, 0.4) is 0 Å². The number of halogens is 1. The molecule has 1 aliphatic rings. The molecule has 20 heavy (non-hydrogen) atoms. The van der Waals surface area contributed by atoms with E-state index in [2.05, 4.69) is 5.32 Å². The zero-order valence-electron chi connectivity index (χ0n) is 12.4. The van der Waals surface area contributed by atoms with E-state index in [0.717, 1.165) is 0 Å². The molecule has 1 aliphatic heterocycles. The maximum atomic E-state index is 12.3. The van der Waals surface area contributed by atoms with E-state index in [1.165, 1.54) is 0 Å². The zero-order valence-corrected chi connectivity index (χ0v) is 13.2. The summed E-state index contributed by atoms with van der Waals surface area (Å²) in [6.45, 7) is 7.75. The summed E-state index contributed by atoms with van der Waals surface area (Å²) < 4.78 is 5.22. The molecule has 0 aliphatic carbocycles. The number of carbonyl (C=O) groups excluding carboxylic acids is 2. The number of ether oxygens (including phenoxy) is 1. The molecule has 1 fully saturated rings. The van der Waals surface area contributed by atoms with E-state index in [9.17, 15) is 9.59 Å². The molecule has 3 unspecified atom stereocenters. The number of morpholine rings is 1. The second kappa shape index (κ2) is 9.15. The van der Waals surface area contributed by atoms with E-state index in [-0.39, 0.29) is 36.2 Å². The predicted octanol–water partition coefficient (Wildman–Crippen LogP) is 0.145. The normalized spacial score (nSPS) is 19.5. The molecule has 0 spiro atoms. The fraction of sp³-hybridized carbons (Fsp3) is 0.846. The van der Waals surface area contributed by atoms with Crippen molar-refractivity contribution >= 4 is 24.2 Å². The first-order valence-corrected chi connectivity index (χ1v) is 6.89. The highest BCUT2D eigenvalue weighted by atomic mass is 35.5. The van der Waals surface area contributed by atoms with Crippen LogP contribution >= 0.6 is 12.4 Å². The lowest BCUT2D eigenvalue weighted by Gasteiger charge is -2.31. The van der Waals surface area contributed by atoms with Crippen molar-refractivity contribution in [3.05, 3.63) is 0 Å². The van der Waals surface area contributed by atoms with Gasteiger partial charge in [-0.2, -0.15) is 0 Å². The molecular weight excluding hydrogens is 282 g/mol. The number of amides is 2. The van der Waals surface area contributed by atoms with Crippen LogP contribution in [-0.4, -0.2) is 55.1 Å². The van der Waals surface area contributed by atoms with Gasteiger partial charge in [0, 0.05) is 25.0 Å². The van der Waals surface area contributed by atoms with E-state index in [1.807, 2.05) is 6.92 Å². The number of nitrogens with two attached hydrogens (primary N) is 1. The topological polar surface area (TPSA) is 84.7 Å². The van der Waals surface area contributed by atoms with Crippen LogP contribution < -0.4 is 11.1 Å². The van der Waals surface area contributed by atoms with Crippen LogP contribution in [0.25, 0.3) is 0 Å². The highest BCUT2D eigenvalue weighted by Gasteiger charge is 2.27. The summed E-state index contributed by atoms with van der Waals surface area (Å²) in [4.78, 5) is 26.0. The fourth-order valence-corrected chi connectivity index (χ4v) is 1.88. The average molecular weight is 308 g/mol. The SMILES string of the molecule is CCC(NC(=O)C(C)C(C)N)C(=O)N1CCOCC1.Cl. The summed E-state index contributed by atoms with van der Waals surface area (Å²) in [6.07, 6.45) is 0.577. The summed E-state index contributed by atoms with van der Waals surface area (Å²) >= 11 is 0. The standard InChI is InChI=1S/C13H25N3O3.ClH/c1-4-11(15-12(17)9(2)10(3)14)13(18)16-5-7-19-8-6-16;/h9-11H,4-8,14H2,1-3H3,(H,15,17);1H. The van der Waals surface area contributed by atoms with Gasteiger partial charge in [-0.05, 0) is 13.3 Å². The molecule has 1 rings (SSSR count). The number of rotatable bonds is 5. The Kier molecular flexibility index (Phi) is 8.76. The Morgan fingerprint density at radius 3 is 2.30 bits per heavy atom. The highest BCUT2D eigenvalue weighted by molar-refractivity contribution is 5.88. The van der Waals surface area contributed by atoms with Gasteiger partial charge >= 0.3 is 0 Å². The minimum Gasteiger partial charge on any atom is -0.378 e. The number of hydrogen-bond acceptors (Lipinski definition) is 4. The largest absolute Gasteiger partial charge is 0.378 e. The second-order valence-corrected chi connectivity index (χ2v) is 5.05. The van der Waals surface area contributed by atoms with Gasteiger partial charge in [0.1, 0.15) is 6.04 Å². The summed E-state index contributed by atoms with van der Waals surface area (Å²) in [5, 5.41) is 2.79. The Morgan fingerprint density at radius 1 is 1.30 bits per heavy atom. The van der Waals surface area contributed by atoms with Crippen LogP contribution in [0.4, 0.5) is 0 Å². The maximum absolute atomic E-state index is 12.3. The highest BCUT2D eigenvalue weighted by Crippen LogP contribution is 2.06. The van der Waals surface area contributed by atoms with Crippen molar-refractivity contribution in [2.75, 3.05) is 26.3 Å². The minimum absolute atomic E-state index is 0. The first-order chi connectivity index (χ1) is 8.97. The first-order valence-electron chi connectivity index (χ1n) is 6.89. The van der Waals surface area contributed by atoms with Gasteiger partial charge in [0.2, 0.25) is 11.8 Å². The monoisotopic (exact) mass is 307 g/mol. The van der Waals surface area contributed by atoms with Gasteiger partial charge in [-0.1, -0.05) is 13.8 Å². The fourth-order valence-electron chi connectivity index (χ4n) is 1.88. The molecule has 0 aromatic rings. The van der Waals surface area contributed by atoms with Gasteiger partial charge < -0.3 is 20.7 Å². The van der Waals surface area contributed by atoms with Crippen molar-refractivity contribution in [2.45, 2.75) is 39.3 Å². The van der Waals surface area contributed by atoms with Crippen LogP contribution in [0.5, 0.6) is 0 Å². The molecule has 3 N–H and O–H groups in total. The number of nitrogens with one attached hydrogen (secondary N) is 1. The van der Waals surface area contributed by atoms with E-state index in [1.54, 1.807) is 18.7 Å². The number of hydrogen-bond donors (Lipinski definition) is 2. The van der Waals surface area contributed by atoms with Crippen molar-refractivity contribution in [3.8, 4) is 0 Å². The van der Waals surface area contributed by atoms with Gasteiger partial charge in [0.15, 0.2) is 0 Å². The quantitative estimate of drug-likeness (QED) is 0.757. The van der Waals surface area contributed by atoms with Crippen molar-refractivity contribution in [3.63, 3.8) is 0 Å². The zero-order chi connectivity index (χ0) is 14.4. The average Bonchev–Trinajstić information content (AvgIpc) is 2.43. The Bertz CT molecular complexity index is 320. The van der Waals surface area contributed by atoms with Gasteiger partial charge in [0.25, 0.3) is 0 Å². The molecular formula is C13H26ClN3O3. The van der Waals surface area contributed by atoms with Crippen LogP contribution in [0.2, 0.25) is 0 Å². The third-order valence-corrected chi connectivity index (χ3v) is 3.55. The Balaban J connectivity index is 0.00000361. The predicted molar refractivity (Wildman–Crippen MR) is 79.7 cm³/mol. The Morgan fingerprint density at radius 2 is 1.85 bits per heavy atom. The molecule has 0 saturated carbocycles. The smallest absolute Gasteiger partial charge is 0.245 e. The Hall–Kier alpha value is -0.850. The lowest BCUT2D eigenvalue weighted by molar-refractivity contribution is -0.140. The third-order valence-electron chi connectivity index (χ3n) is 3.55. The van der Waals surface area contributed by atoms with Crippen LogP contribution in [0.15, 0.2) is 0 Å². The molecule has 0 aromatic carbocycles. The van der Waals surface area contributed by atoms with E-state index < -0.39 is 6.04 Å². The molecule has 6 nitrogen and oxygen atoms in total. The lowest BCUT2D eigenvalue weighted by Crippen LogP contribution is -2.53. The summed E-state index contributed by atoms with van der Waals surface area (Å²) in [5.41, 5.74) is 5.70. The Labute approximate surface area is 126 Å². The lowest BCUT2D eigenvalue weighted by atomic mass is 10.0. The number of nitrogens with zero attached hydrogens (tertiary/aromatic N) is 1. The van der Waals surface area contributed by atoms with Crippen LogP contribution in [0.1, 0.15) is 27.2 Å². The molecule has 118 valence electrons. The van der Waals surface area contributed by atoms with E-state index in [0.29, 0.717) is 32.7 Å². The van der Waals surface area contributed by atoms with Crippen molar-refractivity contribution in [1.82, 2.24) is 10.2 Å². The van der Waals surface area contributed by atoms with Crippen molar-refractivity contribution in [2.24, 2.45) is 11.7 Å². The molecule has 7 heteroatoms. The number of carbonyl (C=O) groups is 2. The second-order valence-electron chi connectivity index (χ2n) is 5.05. The molecule has 2 amide bonds. The summed E-state index contributed by atoms with van der Waals surface area (Å²) in [6, 6.07) is -0.692. The molecule has 3 atom stereocenters. The van der Waals surface area contributed by atoms with Gasteiger partial charge in [-0.3, -0.25) is 9.59 Å². The molecule has 0 bridgehead atoms. The maximum Gasteiger partial charge on any atom is 0.245 e. The third kappa shape index (κ3) is 5.26. The van der Waals surface area contributed by atoms with Gasteiger partial charge in [-0.25, -0.2) is 0 Å². The van der Waals surface area contributed by atoms with E-state index in [4.69, 9.17) is 10.5 Å². The molecule has 0 aromatic heterocycles. The molecule has 1 saturated heterocycles.